The number of alkyl halides is 3. The Morgan fingerprint density at radius 2 is 1.95 bits per heavy atom. The van der Waals surface area contributed by atoms with Gasteiger partial charge in [-0.25, -0.2) is 9.78 Å². The van der Waals surface area contributed by atoms with Crippen LogP contribution in [0.15, 0.2) is 12.1 Å². The van der Waals surface area contributed by atoms with Gasteiger partial charge in [0.05, 0.1) is 0 Å². The smallest absolute Gasteiger partial charge is 0.433 e. The summed E-state index contributed by atoms with van der Waals surface area (Å²) in [5.74, 6) is -1.57. The van der Waals surface area contributed by atoms with Crippen molar-refractivity contribution in [1.29, 1.82) is 0 Å². The van der Waals surface area contributed by atoms with Crippen LogP contribution in [0.4, 0.5) is 19.0 Å². The number of hydrogen-bond donors (Lipinski definition) is 2. The summed E-state index contributed by atoms with van der Waals surface area (Å²) in [6.07, 6.45) is -3.81. The molecule has 0 radical (unpaired) electrons. The molecular formula is C13H17F3N2O2. The molecule has 4 nitrogen and oxygen atoms in total. The van der Waals surface area contributed by atoms with E-state index >= 15 is 0 Å². The third kappa shape index (κ3) is 4.11. The second-order valence-electron chi connectivity index (χ2n) is 5.27. The minimum Gasteiger partial charge on any atom is -0.478 e. The van der Waals surface area contributed by atoms with Gasteiger partial charge in [0.15, 0.2) is 0 Å². The minimum absolute atomic E-state index is 0.175. The maximum Gasteiger partial charge on any atom is 0.433 e. The number of halogens is 3. The van der Waals surface area contributed by atoms with Crippen molar-refractivity contribution in [3.8, 4) is 0 Å². The van der Waals surface area contributed by atoms with Gasteiger partial charge in [-0.3, -0.25) is 0 Å². The molecule has 0 aliphatic carbocycles. The molecule has 0 saturated carbocycles. The molecule has 1 aromatic rings. The normalized spacial score (nSPS) is 12.3. The van der Waals surface area contributed by atoms with E-state index < -0.39 is 17.8 Å². The molecule has 0 aromatic carbocycles. The highest BCUT2D eigenvalue weighted by atomic mass is 19.4. The van der Waals surface area contributed by atoms with E-state index in [4.69, 9.17) is 5.11 Å². The summed E-state index contributed by atoms with van der Waals surface area (Å²) in [6, 6.07) is 1.58. The van der Waals surface area contributed by atoms with Crippen molar-refractivity contribution in [1.82, 2.24) is 4.98 Å². The Labute approximate surface area is 115 Å². The first-order valence-corrected chi connectivity index (χ1v) is 6.12. The predicted molar refractivity (Wildman–Crippen MR) is 68.8 cm³/mol. The molecule has 1 rings (SSSR count). The van der Waals surface area contributed by atoms with Crippen LogP contribution < -0.4 is 5.32 Å². The molecule has 0 atom stereocenters. The van der Waals surface area contributed by atoms with Gasteiger partial charge in [-0.05, 0) is 24.0 Å². The third-order valence-electron chi connectivity index (χ3n) is 3.11. The van der Waals surface area contributed by atoms with Crippen LogP contribution in [0.25, 0.3) is 0 Å². The molecule has 0 spiro atoms. The Bertz CT molecular complexity index is 499. The molecule has 0 saturated heterocycles. The summed E-state index contributed by atoms with van der Waals surface area (Å²) in [6.45, 7) is 6.12. The lowest BCUT2D eigenvalue weighted by Gasteiger charge is -2.24. The van der Waals surface area contributed by atoms with Gasteiger partial charge < -0.3 is 10.4 Å². The number of carboxylic acid groups (broad SMARTS) is 1. The second-order valence-corrected chi connectivity index (χ2v) is 5.27. The van der Waals surface area contributed by atoms with Crippen molar-refractivity contribution in [3.05, 3.63) is 23.4 Å². The molecule has 0 amide bonds. The minimum atomic E-state index is -4.60. The molecule has 0 fully saturated rings. The van der Waals surface area contributed by atoms with Crippen LogP contribution in [0.3, 0.4) is 0 Å². The number of carbonyl (C=O) groups is 1. The number of aromatic nitrogens is 1. The molecule has 2 N–H and O–H groups in total. The van der Waals surface area contributed by atoms with Gasteiger partial charge in [0.25, 0.3) is 0 Å². The van der Waals surface area contributed by atoms with Crippen molar-refractivity contribution < 1.29 is 23.1 Å². The standard InChI is InChI=1S/C13H17F3N2O2/c1-4-12(2,3)7-17-10-8(11(19)20)5-6-9(18-10)13(14,15)16/h5-6H,4,7H2,1-3H3,(H,17,18)(H,19,20). The lowest BCUT2D eigenvalue weighted by Crippen LogP contribution is -2.24. The highest BCUT2D eigenvalue weighted by molar-refractivity contribution is 5.93. The Balaban J connectivity index is 3.10. The molecule has 0 unspecified atom stereocenters. The zero-order chi connectivity index (χ0) is 15.6. The first kappa shape index (κ1) is 16.3. The fourth-order valence-corrected chi connectivity index (χ4v) is 1.37. The average Bonchev–Trinajstić information content (AvgIpc) is 2.35. The average molecular weight is 290 g/mol. The highest BCUT2D eigenvalue weighted by Gasteiger charge is 2.33. The number of nitrogens with zero attached hydrogens (tertiary/aromatic N) is 1. The van der Waals surface area contributed by atoms with Crippen molar-refractivity contribution in [2.75, 3.05) is 11.9 Å². The fourth-order valence-electron chi connectivity index (χ4n) is 1.37. The van der Waals surface area contributed by atoms with Crippen LogP contribution in [0.5, 0.6) is 0 Å². The van der Waals surface area contributed by atoms with E-state index in [0.717, 1.165) is 12.5 Å². The summed E-state index contributed by atoms with van der Waals surface area (Å²) < 4.78 is 37.8. The molecule has 1 aromatic heterocycles. The van der Waals surface area contributed by atoms with Gasteiger partial charge in [0, 0.05) is 6.54 Å². The van der Waals surface area contributed by atoms with Gasteiger partial charge in [-0.15, -0.1) is 0 Å². The monoisotopic (exact) mass is 290 g/mol. The van der Waals surface area contributed by atoms with Gasteiger partial charge in [-0.2, -0.15) is 13.2 Å². The van der Waals surface area contributed by atoms with Crippen molar-refractivity contribution >= 4 is 11.8 Å². The van der Waals surface area contributed by atoms with Gasteiger partial charge in [0.1, 0.15) is 17.1 Å². The number of hydrogen-bond acceptors (Lipinski definition) is 3. The fraction of sp³-hybridized carbons (Fsp3) is 0.538. The molecule has 0 aliphatic rings. The quantitative estimate of drug-likeness (QED) is 0.869. The first-order chi connectivity index (χ1) is 9.07. The molecule has 7 heteroatoms. The Morgan fingerprint density at radius 1 is 1.35 bits per heavy atom. The summed E-state index contributed by atoms with van der Waals surface area (Å²) in [5, 5.41) is 11.7. The summed E-state index contributed by atoms with van der Waals surface area (Å²) in [7, 11) is 0. The molecular weight excluding hydrogens is 273 g/mol. The number of rotatable bonds is 5. The van der Waals surface area contributed by atoms with Crippen LogP contribution in [0.2, 0.25) is 0 Å². The number of anilines is 1. The van der Waals surface area contributed by atoms with Crippen LogP contribution >= 0.6 is 0 Å². The maximum absolute atomic E-state index is 12.6. The highest BCUT2D eigenvalue weighted by Crippen LogP contribution is 2.30. The largest absolute Gasteiger partial charge is 0.478 e. The van der Waals surface area contributed by atoms with Gasteiger partial charge in [0.2, 0.25) is 0 Å². The zero-order valence-electron chi connectivity index (χ0n) is 11.5. The summed E-state index contributed by atoms with van der Waals surface area (Å²) in [4.78, 5) is 14.4. The Hall–Kier alpha value is -1.79. The van der Waals surface area contributed by atoms with Crippen molar-refractivity contribution in [2.45, 2.75) is 33.4 Å². The Morgan fingerprint density at radius 3 is 2.40 bits per heavy atom. The van der Waals surface area contributed by atoms with Crippen LogP contribution in [-0.4, -0.2) is 22.6 Å². The van der Waals surface area contributed by atoms with Crippen LogP contribution in [-0.2, 0) is 6.18 Å². The topological polar surface area (TPSA) is 62.2 Å². The maximum atomic E-state index is 12.6. The lowest BCUT2D eigenvalue weighted by molar-refractivity contribution is -0.141. The molecule has 1 heterocycles. The molecule has 112 valence electrons. The van der Waals surface area contributed by atoms with Crippen molar-refractivity contribution in [3.63, 3.8) is 0 Å². The van der Waals surface area contributed by atoms with E-state index in [9.17, 15) is 18.0 Å². The van der Waals surface area contributed by atoms with Gasteiger partial charge in [-0.1, -0.05) is 20.8 Å². The SMILES string of the molecule is CCC(C)(C)CNc1nc(C(F)(F)F)ccc1C(=O)O. The zero-order valence-corrected chi connectivity index (χ0v) is 11.5. The van der Waals surface area contributed by atoms with E-state index in [2.05, 4.69) is 10.3 Å². The summed E-state index contributed by atoms with van der Waals surface area (Å²) in [5.41, 5.74) is -1.56. The van der Waals surface area contributed by atoms with Gasteiger partial charge >= 0.3 is 12.1 Å². The molecule has 20 heavy (non-hydrogen) atoms. The van der Waals surface area contributed by atoms with E-state index in [1.165, 1.54) is 0 Å². The summed E-state index contributed by atoms with van der Waals surface area (Å²) >= 11 is 0. The number of aromatic carboxylic acids is 1. The van der Waals surface area contributed by atoms with Crippen LogP contribution in [0, 0.1) is 5.41 Å². The van der Waals surface area contributed by atoms with E-state index in [-0.39, 0.29) is 16.8 Å². The van der Waals surface area contributed by atoms with E-state index in [0.29, 0.717) is 12.6 Å². The number of carboxylic acids is 1. The third-order valence-corrected chi connectivity index (χ3v) is 3.11. The number of pyridine rings is 1. The molecule has 0 bridgehead atoms. The lowest BCUT2D eigenvalue weighted by atomic mass is 9.90. The van der Waals surface area contributed by atoms with E-state index in [1.54, 1.807) is 0 Å². The van der Waals surface area contributed by atoms with Crippen molar-refractivity contribution in [2.24, 2.45) is 5.41 Å². The molecule has 0 aliphatic heterocycles. The predicted octanol–water partition coefficient (Wildman–Crippen LogP) is 3.65. The number of nitrogens with one attached hydrogen (secondary N) is 1. The van der Waals surface area contributed by atoms with E-state index in [1.807, 2.05) is 20.8 Å². The Kier molecular flexibility index (Phi) is 4.62. The first-order valence-electron chi connectivity index (χ1n) is 6.12. The van der Waals surface area contributed by atoms with Crippen LogP contribution in [0.1, 0.15) is 43.2 Å². The second kappa shape index (κ2) is 5.68.